The van der Waals surface area contributed by atoms with Gasteiger partial charge in [0.2, 0.25) is 0 Å². The summed E-state index contributed by atoms with van der Waals surface area (Å²) in [7, 11) is 0. The highest BCUT2D eigenvalue weighted by atomic mass is 16.7. The molecule has 24 heavy (non-hydrogen) atoms. The van der Waals surface area contributed by atoms with Gasteiger partial charge in [-0.3, -0.25) is 0 Å². The van der Waals surface area contributed by atoms with Crippen LogP contribution >= 0.6 is 0 Å². The third-order valence-electron chi connectivity index (χ3n) is 4.76. The van der Waals surface area contributed by atoms with Crippen molar-refractivity contribution in [3.05, 3.63) is 35.9 Å². The first-order valence-electron chi connectivity index (χ1n) is 8.38. The Morgan fingerprint density at radius 3 is 2.75 bits per heavy atom. The maximum Gasteiger partial charge on any atom is 0.407 e. The van der Waals surface area contributed by atoms with Crippen LogP contribution in [0, 0.1) is 11.8 Å². The average Bonchev–Trinajstić information content (AvgIpc) is 3.07. The van der Waals surface area contributed by atoms with Gasteiger partial charge in [0.15, 0.2) is 5.79 Å². The van der Waals surface area contributed by atoms with Crippen LogP contribution in [0.15, 0.2) is 30.3 Å². The van der Waals surface area contributed by atoms with Gasteiger partial charge < -0.3 is 24.3 Å². The van der Waals surface area contributed by atoms with E-state index in [4.69, 9.17) is 14.2 Å². The second-order valence-electron chi connectivity index (χ2n) is 6.35. The second-order valence-corrected chi connectivity index (χ2v) is 6.35. The number of hydrogen-bond donors (Lipinski definition) is 1. The molecule has 1 aliphatic heterocycles. The lowest BCUT2D eigenvalue weighted by Crippen LogP contribution is -2.44. The first kappa shape index (κ1) is 16.9. The first-order chi connectivity index (χ1) is 11.7. The number of carbonyl (C=O) groups is 2. The van der Waals surface area contributed by atoms with Gasteiger partial charge in [-0.1, -0.05) is 30.3 Å². The molecule has 6 nitrogen and oxygen atoms in total. The van der Waals surface area contributed by atoms with Crippen molar-refractivity contribution in [3.63, 3.8) is 0 Å². The third kappa shape index (κ3) is 4.13. The van der Waals surface area contributed by atoms with Gasteiger partial charge in [0.05, 0.1) is 13.2 Å². The molecule has 2 aliphatic rings. The molecule has 6 heteroatoms. The van der Waals surface area contributed by atoms with Crippen molar-refractivity contribution >= 4 is 12.4 Å². The minimum atomic E-state index is -0.587. The van der Waals surface area contributed by atoms with Gasteiger partial charge in [-0.05, 0) is 17.9 Å². The topological polar surface area (TPSA) is 73.9 Å². The smallest absolute Gasteiger partial charge is 0.407 e. The number of nitrogens with one attached hydrogen (secondary N) is 1. The van der Waals surface area contributed by atoms with E-state index in [0.29, 0.717) is 26.2 Å². The number of amides is 1. The van der Waals surface area contributed by atoms with Gasteiger partial charge in [-0.2, -0.15) is 0 Å². The summed E-state index contributed by atoms with van der Waals surface area (Å²) in [4.78, 5) is 23.2. The molecule has 2 atom stereocenters. The molecule has 1 amide bonds. The zero-order valence-corrected chi connectivity index (χ0v) is 13.6. The van der Waals surface area contributed by atoms with Crippen LogP contribution in [0.5, 0.6) is 0 Å². The van der Waals surface area contributed by atoms with Crippen molar-refractivity contribution in [1.29, 1.82) is 0 Å². The lowest BCUT2D eigenvalue weighted by Gasteiger charge is -2.38. The molecule has 1 aromatic carbocycles. The van der Waals surface area contributed by atoms with Gasteiger partial charge in [0, 0.05) is 25.3 Å². The molecule has 1 saturated heterocycles. The van der Waals surface area contributed by atoms with E-state index in [1.807, 2.05) is 30.3 Å². The van der Waals surface area contributed by atoms with Gasteiger partial charge in [0.1, 0.15) is 12.9 Å². The Morgan fingerprint density at radius 1 is 1.29 bits per heavy atom. The molecule has 0 aromatic heterocycles. The molecule has 130 valence electrons. The van der Waals surface area contributed by atoms with Crippen molar-refractivity contribution in [3.8, 4) is 0 Å². The molecule has 0 bridgehead atoms. The second kappa shape index (κ2) is 7.77. The van der Waals surface area contributed by atoms with Gasteiger partial charge in [0.25, 0.3) is 0 Å². The van der Waals surface area contributed by atoms with E-state index in [2.05, 4.69) is 5.32 Å². The molecule has 1 N–H and O–H groups in total. The van der Waals surface area contributed by atoms with E-state index in [0.717, 1.165) is 24.7 Å². The minimum Gasteiger partial charge on any atom is -0.445 e. The SMILES string of the molecule is O=C[C@@H]1CC2(CCC1CNC(=O)OCc1ccccc1)OCCO2. The molecule has 2 fully saturated rings. The van der Waals surface area contributed by atoms with Gasteiger partial charge >= 0.3 is 6.09 Å². The van der Waals surface area contributed by atoms with Crippen LogP contribution < -0.4 is 5.32 Å². The molecule has 3 rings (SSSR count). The molecule has 1 unspecified atom stereocenters. The fraction of sp³-hybridized carbons (Fsp3) is 0.556. The van der Waals surface area contributed by atoms with E-state index in [9.17, 15) is 9.59 Å². The van der Waals surface area contributed by atoms with E-state index in [1.165, 1.54) is 0 Å². The van der Waals surface area contributed by atoms with Crippen LogP contribution in [0.2, 0.25) is 0 Å². The van der Waals surface area contributed by atoms with E-state index in [1.54, 1.807) is 0 Å². The largest absolute Gasteiger partial charge is 0.445 e. The summed E-state index contributed by atoms with van der Waals surface area (Å²) in [6.07, 6.45) is 2.58. The fourth-order valence-corrected chi connectivity index (χ4v) is 3.41. The lowest BCUT2D eigenvalue weighted by molar-refractivity contribution is -0.193. The highest BCUT2D eigenvalue weighted by Crippen LogP contribution is 2.40. The van der Waals surface area contributed by atoms with Gasteiger partial charge in [-0.15, -0.1) is 0 Å². The number of aldehydes is 1. The molecule has 1 aliphatic carbocycles. The Kier molecular flexibility index (Phi) is 5.48. The van der Waals surface area contributed by atoms with Crippen molar-refractivity contribution in [2.24, 2.45) is 11.8 Å². The number of benzene rings is 1. The number of carbonyl (C=O) groups excluding carboxylic acids is 2. The molecule has 1 heterocycles. The highest BCUT2D eigenvalue weighted by molar-refractivity contribution is 5.67. The Balaban J connectivity index is 1.44. The number of alkyl carbamates (subject to hydrolysis) is 1. The summed E-state index contributed by atoms with van der Waals surface area (Å²) in [6.45, 7) is 1.83. The van der Waals surface area contributed by atoms with E-state index >= 15 is 0 Å². The Bertz CT molecular complexity index is 556. The number of ether oxygens (including phenoxy) is 3. The van der Waals surface area contributed by atoms with Crippen molar-refractivity contribution in [2.75, 3.05) is 19.8 Å². The predicted molar refractivity (Wildman–Crippen MR) is 86.2 cm³/mol. The van der Waals surface area contributed by atoms with Crippen LogP contribution in [0.4, 0.5) is 4.79 Å². The molecule has 1 aromatic rings. The summed E-state index contributed by atoms with van der Waals surface area (Å²) < 4.78 is 16.6. The number of rotatable bonds is 5. The summed E-state index contributed by atoms with van der Waals surface area (Å²) in [5.41, 5.74) is 0.938. The summed E-state index contributed by atoms with van der Waals surface area (Å²) in [5, 5.41) is 2.76. The molecular weight excluding hydrogens is 310 g/mol. The van der Waals surface area contributed by atoms with Crippen LogP contribution in [0.25, 0.3) is 0 Å². The maximum atomic E-state index is 11.8. The predicted octanol–water partition coefficient (Wildman–Crippen LogP) is 2.27. The van der Waals surface area contributed by atoms with E-state index in [-0.39, 0.29) is 18.4 Å². The standard InChI is InChI=1S/C18H23NO5/c20-12-16-10-18(23-8-9-24-18)7-6-15(16)11-19-17(21)22-13-14-4-2-1-3-5-14/h1-5,12,15-16H,6-11,13H2,(H,19,21)/t15?,16-/m0/s1. The Labute approximate surface area is 141 Å². The number of hydrogen-bond acceptors (Lipinski definition) is 5. The fourth-order valence-electron chi connectivity index (χ4n) is 3.41. The zero-order chi connectivity index (χ0) is 16.8. The van der Waals surface area contributed by atoms with E-state index < -0.39 is 11.9 Å². The molecule has 1 spiro atoms. The van der Waals surface area contributed by atoms with Crippen LogP contribution in [-0.2, 0) is 25.6 Å². The van der Waals surface area contributed by atoms with Crippen molar-refractivity contribution in [2.45, 2.75) is 31.7 Å². The summed E-state index contributed by atoms with van der Waals surface area (Å²) >= 11 is 0. The van der Waals surface area contributed by atoms with Crippen LogP contribution in [-0.4, -0.2) is 37.9 Å². The first-order valence-corrected chi connectivity index (χ1v) is 8.38. The summed E-state index contributed by atoms with van der Waals surface area (Å²) in [6, 6.07) is 9.51. The average molecular weight is 333 g/mol. The zero-order valence-electron chi connectivity index (χ0n) is 13.6. The van der Waals surface area contributed by atoms with Crippen LogP contribution in [0.3, 0.4) is 0 Å². The minimum absolute atomic E-state index is 0.0881. The highest BCUT2D eigenvalue weighted by Gasteiger charge is 2.45. The normalized spacial score (nSPS) is 25.3. The monoisotopic (exact) mass is 333 g/mol. The van der Waals surface area contributed by atoms with Crippen molar-refractivity contribution < 1.29 is 23.8 Å². The van der Waals surface area contributed by atoms with Gasteiger partial charge in [-0.25, -0.2) is 4.79 Å². The maximum absolute atomic E-state index is 11.8. The lowest BCUT2D eigenvalue weighted by atomic mass is 9.77. The van der Waals surface area contributed by atoms with Crippen LogP contribution in [0.1, 0.15) is 24.8 Å². The Morgan fingerprint density at radius 2 is 2.04 bits per heavy atom. The van der Waals surface area contributed by atoms with Crippen molar-refractivity contribution in [1.82, 2.24) is 5.32 Å². The third-order valence-corrected chi connectivity index (χ3v) is 4.76. The Hall–Kier alpha value is -1.92. The molecule has 1 saturated carbocycles. The summed E-state index contributed by atoms with van der Waals surface area (Å²) in [5.74, 6) is -0.674. The quantitative estimate of drug-likeness (QED) is 0.837. The molecule has 0 radical (unpaired) electrons. The molecular formula is C18H23NO5.